The van der Waals surface area contributed by atoms with Gasteiger partial charge in [0.1, 0.15) is 11.3 Å². The maximum absolute atomic E-state index is 6.18. The number of thiazole rings is 1. The van der Waals surface area contributed by atoms with Gasteiger partial charge in [0.15, 0.2) is 0 Å². The van der Waals surface area contributed by atoms with Gasteiger partial charge >= 0.3 is 0 Å². The lowest BCUT2D eigenvalue weighted by molar-refractivity contribution is 0.783. The molecule has 0 saturated heterocycles. The van der Waals surface area contributed by atoms with E-state index in [9.17, 15) is 0 Å². The van der Waals surface area contributed by atoms with Crippen molar-refractivity contribution in [3.8, 4) is 0 Å². The van der Waals surface area contributed by atoms with Crippen LogP contribution < -0.4 is 0 Å². The molecule has 0 spiro atoms. The van der Waals surface area contributed by atoms with E-state index in [2.05, 4.69) is 14.5 Å². The number of alkyl halides is 1. The summed E-state index contributed by atoms with van der Waals surface area (Å²) in [7, 11) is 0. The second kappa shape index (κ2) is 5.12. The highest BCUT2D eigenvalue weighted by Crippen LogP contribution is 2.26. The molecule has 1 aromatic carbocycles. The highest BCUT2D eigenvalue weighted by molar-refractivity contribution is 7.09. The van der Waals surface area contributed by atoms with Crippen LogP contribution in [0.5, 0.6) is 0 Å². The van der Waals surface area contributed by atoms with Crippen molar-refractivity contribution in [2.24, 2.45) is 0 Å². The first kappa shape index (κ1) is 12.9. The summed E-state index contributed by atoms with van der Waals surface area (Å²) < 4.78 is 2.11. The van der Waals surface area contributed by atoms with E-state index in [0.29, 0.717) is 10.9 Å². The van der Waals surface area contributed by atoms with Crippen LogP contribution in [0.2, 0.25) is 5.02 Å². The summed E-state index contributed by atoms with van der Waals surface area (Å²) in [6.07, 6.45) is 0. The summed E-state index contributed by atoms with van der Waals surface area (Å²) in [5.41, 5.74) is 4.73. The minimum Gasteiger partial charge on any atom is -0.322 e. The zero-order chi connectivity index (χ0) is 13.4. The third kappa shape index (κ3) is 2.24. The largest absolute Gasteiger partial charge is 0.322 e. The molecule has 0 unspecified atom stereocenters. The number of halogens is 2. The summed E-state index contributed by atoms with van der Waals surface area (Å²) in [4.78, 5) is 10.0. The molecular weight excluding hydrogens is 301 g/mol. The third-order valence-electron chi connectivity index (χ3n) is 3.07. The van der Waals surface area contributed by atoms with Crippen LogP contribution in [0.15, 0.2) is 23.7 Å². The van der Waals surface area contributed by atoms with E-state index in [4.69, 9.17) is 23.2 Å². The molecule has 0 aliphatic carbocycles. The molecular formula is C13H11Cl2N3S. The maximum Gasteiger partial charge on any atom is 0.125 e. The van der Waals surface area contributed by atoms with E-state index < -0.39 is 0 Å². The molecule has 0 aliphatic heterocycles. The van der Waals surface area contributed by atoms with Crippen molar-refractivity contribution in [3.63, 3.8) is 0 Å². The van der Waals surface area contributed by atoms with Gasteiger partial charge in [-0.1, -0.05) is 17.7 Å². The summed E-state index contributed by atoms with van der Waals surface area (Å²) in [5.74, 6) is 1.20. The normalized spacial score (nSPS) is 11.3. The van der Waals surface area contributed by atoms with Crippen LogP contribution in [0.1, 0.15) is 16.4 Å². The van der Waals surface area contributed by atoms with Crippen molar-refractivity contribution in [2.45, 2.75) is 19.3 Å². The topological polar surface area (TPSA) is 30.7 Å². The van der Waals surface area contributed by atoms with Gasteiger partial charge in [0.05, 0.1) is 34.2 Å². The predicted octanol–water partition coefficient (Wildman–Crippen LogP) is 4.24. The van der Waals surface area contributed by atoms with Crippen LogP contribution in [0.25, 0.3) is 11.0 Å². The first-order valence-electron chi connectivity index (χ1n) is 5.79. The average molecular weight is 312 g/mol. The van der Waals surface area contributed by atoms with E-state index in [0.717, 1.165) is 29.1 Å². The third-order valence-corrected chi connectivity index (χ3v) is 4.54. The van der Waals surface area contributed by atoms with E-state index in [1.165, 1.54) is 4.88 Å². The molecule has 98 valence electrons. The number of aryl methyl sites for hydroxylation is 1. The minimum atomic E-state index is 0.364. The number of aromatic nitrogens is 3. The summed E-state index contributed by atoms with van der Waals surface area (Å²) in [6, 6.07) is 5.79. The Morgan fingerprint density at radius 1 is 1.37 bits per heavy atom. The molecule has 0 radical (unpaired) electrons. The number of para-hydroxylation sites is 1. The molecule has 0 saturated carbocycles. The van der Waals surface area contributed by atoms with Gasteiger partial charge in [0.25, 0.3) is 0 Å². The fourth-order valence-electron chi connectivity index (χ4n) is 2.06. The van der Waals surface area contributed by atoms with Crippen LogP contribution in [0.3, 0.4) is 0 Å². The minimum absolute atomic E-state index is 0.364. The lowest BCUT2D eigenvalue weighted by Crippen LogP contribution is -2.03. The number of rotatable bonds is 3. The zero-order valence-corrected chi connectivity index (χ0v) is 12.6. The number of nitrogens with zero attached hydrogens (tertiary/aromatic N) is 3. The zero-order valence-electron chi connectivity index (χ0n) is 10.2. The quantitative estimate of drug-likeness (QED) is 0.677. The molecule has 0 aliphatic rings. The van der Waals surface area contributed by atoms with Gasteiger partial charge in [0.2, 0.25) is 0 Å². The standard InChI is InChI=1S/C13H11Cl2N3S/c1-8-11(19-7-16-8)6-18-10-4-2-3-9(15)13(10)17-12(18)5-14/h2-4,7H,5-6H2,1H3. The maximum atomic E-state index is 6.18. The van der Waals surface area contributed by atoms with Gasteiger partial charge in [-0.3, -0.25) is 0 Å². The molecule has 0 atom stereocenters. The summed E-state index contributed by atoms with van der Waals surface area (Å²) >= 11 is 13.8. The Morgan fingerprint density at radius 2 is 2.21 bits per heavy atom. The van der Waals surface area contributed by atoms with Gasteiger partial charge in [-0.15, -0.1) is 22.9 Å². The monoisotopic (exact) mass is 311 g/mol. The molecule has 2 heterocycles. The van der Waals surface area contributed by atoms with E-state index in [1.54, 1.807) is 11.3 Å². The van der Waals surface area contributed by atoms with Crippen molar-refractivity contribution in [1.82, 2.24) is 14.5 Å². The SMILES string of the molecule is Cc1ncsc1Cn1c(CCl)nc2c(Cl)cccc21. The molecule has 0 N–H and O–H groups in total. The first-order valence-corrected chi connectivity index (χ1v) is 7.58. The molecule has 0 bridgehead atoms. The fourth-order valence-corrected chi connectivity index (χ4v) is 3.24. The number of hydrogen-bond acceptors (Lipinski definition) is 3. The van der Waals surface area contributed by atoms with E-state index in [1.807, 2.05) is 30.6 Å². The molecule has 19 heavy (non-hydrogen) atoms. The van der Waals surface area contributed by atoms with Gasteiger partial charge < -0.3 is 4.57 Å². The lowest BCUT2D eigenvalue weighted by Gasteiger charge is -2.06. The Kier molecular flexibility index (Phi) is 3.48. The highest BCUT2D eigenvalue weighted by atomic mass is 35.5. The van der Waals surface area contributed by atoms with Gasteiger partial charge in [-0.05, 0) is 19.1 Å². The molecule has 3 aromatic rings. The van der Waals surface area contributed by atoms with Crippen LogP contribution in [-0.2, 0) is 12.4 Å². The molecule has 0 amide bonds. The number of benzene rings is 1. The second-order valence-electron chi connectivity index (χ2n) is 4.22. The van der Waals surface area contributed by atoms with Crippen LogP contribution in [0, 0.1) is 6.92 Å². The molecule has 3 nitrogen and oxygen atoms in total. The fraction of sp³-hybridized carbons (Fsp3) is 0.231. The average Bonchev–Trinajstić information content (AvgIpc) is 2.96. The van der Waals surface area contributed by atoms with Gasteiger partial charge in [-0.25, -0.2) is 9.97 Å². The first-order chi connectivity index (χ1) is 9.20. The Labute approximate surface area is 124 Å². The lowest BCUT2D eigenvalue weighted by atomic mass is 10.3. The van der Waals surface area contributed by atoms with E-state index >= 15 is 0 Å². The summed E-state index contributed by atoms with van der Waals surface area (Å²) in [6.45, 7) is 2.74. The molecule has 2 aromatic heterocycles. The van der Waals surface area contributed by atoms with Gasteiger partial charge in [-0.2, -0.15) is 0 Å². The van der Waals surface area contributed by atoms with Crippen molar-refractivity contribution in [3.05, 3.63) is 45.1 Å². The van der Waals surface area contributed by atoms with E-state index in [-0.39, 0.29) is 0 Å². The smallest absolute Gasteiger partial charge is 0.125 e. The number of hydrogen-bond donors (Lipinski definition) is 0. The van der Waals surface area contributed by atoms with Crippen LogP contribution >= 0.6 is 34.5 Å². The van der Waals surface area contributed by atoms with Crippen molar-refractivity contribution in [1.29, 1.82) is 0 Å². The van der Waals surface area contributed by atoms with Crippen LogP contribution in [0.4, 0.5) is 0 Å². The van der Waals surface area contributed by atoms with Gasteiger partial charge in [0, 0.05) is 4.88 Å². The Bertz CT molecular complexity index is 733. The predicted molar refractivity (Wildman–Crippen MR) is 80.3 cm³/mol. The van der Waals surface area contributed by atoms with Crippen molar-refractivity contribution in [2.75, 3.05) is 0 Å². The number of imidazole rings is 1. The molecule has 0 fully saturated rings. The summed E-state index contributed by atoms with van der Waals surface area (Å²) in [5, 5.41) is 0.656. The Hall–Kier alpha value is -1.10. The molecule has 3 rings (SSSR count). The van der Waals surface area contributed by atoms with Crippen molar-refractivity contribution < 1.29 is 0 Å². The second-order valence-corrected chi connectivity index (χ2v) is 5.83. The Balaban J connectivity index is 2.16. The Morgan fingerprint density at radius 3 is 2.89 bits per heavy atom. The molecule has 6 heteroatoms. The van der Waals surface area contributed by atoms with Crippen LogP contribution in [-0.4, -0.2) is 14.5 Å². The van der Waals surface area contributed by atoms with Crippen molar-refractivity contribution >= 4 is 45.6 Å². The highest BCUT2D eigenvalue weighted by Gasteiger charge is 2.14. The number of fused-ring (bicyclic) bond motifs is 1.